The molecule has 0 aromatic heterocycles. The summed E-state index contributed by atoms with van der Waals surface area (Å²) in [5, 5.41) is 20.5. The maximum Gasteiger partial charge on any atom is 0.306 e. The molecule has 0 heterocycles. The lowest BCUT2D eigenvalue weighted by Gasteiger charge is -2.63. The highest BCUT2D eigenvalue weighted by atomic mass is 16.4. The molecule has 7 unspecified atom stereocenters. The van der Waals surface area contributed by atoms with Crippen molar-refractivity contribution in [1.82, 2.24) is 0 Å². The van der Waals surface area contributed by atoms with Crippen LogP contribution in [0, 0.1) is 34.5 Å². The quantitative estimate of drug-likeness (QED) is 0.773. The van der Waals surface area contributed by atoms with Crippen LogP contribution in [0.15, 0.2) is 0 Å². The molecular weight excluding hydrogens is 276 g/mol. The van der Waals surface area contributed by atoms with E-state index in [-0.39, 0.29) is 16.7 Å². The van der Waals surface area contributed by atoms with E-state index in [1.807, 2.05) is 6.92 Å². The highest BCUT2D eigenvalue weighted by Gasteiger charge is 2.65. The van der Waals surface area contributed by atoms with E-state index in [1.165, 1.54) is 12.8 Å². The number of carboxylic acids is 1. The minimum absolute atomic E-state index is 0.103. The van der Waals surface area contributed by atoms with Gasteiger partial charge in [-0.25, -0.2) is 0 Å². The topological polar surface area (TPSA) is 57.5 Å². The highest BCUT2D eigenvalue weighted by Crippen LogP contribution is 2.71. The Balaban J connectivity index is 1.70. The van der Waals surface area contributed by atoms with Crippen LogP contribution < -0.4 is 0 Å². The van der Waals surface area contributed by atoms with Crippen LogP contribution in [0.3, 0.4) is 0 Å². The van der Waals surface area contributed by atoms with Crippen molar-refractivity contribution in [3.63, 3.8) is 0 Å². The van der Waals surface area contributed by atoms with Crippen LogP contribution in [0.5, 0.6) is 0 Å². The first kappa shape index (κ1) is 15.0. The SMILES string of the molecule is CC1(O)CCCC2(C)C1CCC13CC(CCC12)C(C(=O)O)C3. The first-order valence-electron chi connectivity index (χ1n) is 9.24. The second-order valence-corrected chi connectivity index (χ2v) is 9.41. The largest absolute Gasteiger partial charge is 0.481 e. The molecule has 0 radical (unpaired) electrons. The van der Waals surface area contributed by atoms with Gasteiger partial charge in [0.1, 0.15) is 0 Å². The van der Waals surface area contributed by atoms with Crippen molar-refractivity contribution in [2.24, 2.45) is 34.5 Å². The Bertz CT molecular complexity index is 499. The molecule has 4 saturated carbocycles. The lowest BCUT2D eigenvalue weighted by molar-refractivity contribution is -0.180. The average Bonchev–Trinajstić information content (AvgIpc) is 2.69. The van der Waals surface area contributed by atoms with Crippen molar-refractivity contribution in [2.75, 3.05) is 0 Å². The fraction of sp³-hybridized carbons (Fsp3) is 0.947. The van der Waals surface area contributed by atoms with E-state index in [9.17, 15) is 15.0 Å². The Kier molecular flexibility index (Phi) is 3.06. The maximum atomic E-state index is 11.6. The molecule has 4 fully saturated rings. The van der Waals surface area contributed by atoms with E-state index in [0.29, 0.717) is 17.8 Å². The Morgan fingerprint density at radius 1 is 1.00 bits per heavy atom. The van der Waals surface area contributed by atoms with Gasteiger partial charge in [0.25, 0.3) is 0 Å². The minimum Gasteiger partial charge on any atom is -0.481 e. The molecule has 2 bridgehead atoms. The van der Waals surface area contributed by atoms with Gasteiger partial charge in [-0.3, -0.25) is 4.79 Å². The number of aliphatic carboxylic acids is 1. The summed E-state index contributed by atoms with van der Waals surface area (Å²) in [4.78, 5) is 11.6. The molecule has 3 heteroatoms. The van der Waals surface area contributed by atoms with Gasteiger partial charge in [0, 0.05) is 0 Å². The number of fused-ring (bicyclic) bond motifs is 3. The molecule has 124 valence electrons. The fourth-order valence-corrected chi connectivity index (χ4v) is 7.70. The summed E-state index contributed by atoms with van der Waals surface area (Å²) in [6.45, 7) is 4.47. The second-order valence-electron chi connectivity index (χ2n) is 9.41. The summed E-state index contributed by atoms with van der Waals surface area (Å²) in [5.41, 5.74) is -0.0285. The van der Waals surface area contributed by atoms with Gasteiger partial charge in [-0.15, -0.1) is 0 Å². The maximum absolute atomic E-state index is 11.6. The lowest BCUT2D eigenvalue weighted by atomic mass is 9.43. The Hall–Kier alpha value is -0.570. The predicted octanol–water partition coefficient (Wildman–Crippen LogP) is 3.84. The summed E-state index contributed by atoms with van der Waals surface area (Å²) in [7, 11) is 0. The van der Waals surface area contributed by atoms with Crippen molar-refractivity contribution in [3.8, 4) is 0 Å². The Morgan fingerprint density at radius 2 is 1.77 bits per heavy atom. The smallest absolute Gasteiger partial charge is 0.306 e. The minimum atomic E-state index is -0.564. The van der Waals surface area contributed by atoms with E-state index in [2.05, 4.69) is 6.92 Å². The predicted molar refractivity (Wildman–Crippen MR) is 84.3 cm³/mol. The zero-order valence-corrected chi connectivity index (χ0v) is 14.0. The number of hydrogen-bond donors (Lipinski definition) is 2. The Labute approximate surface area is 133 Å². The van der Waals surface area contributed by atoms with Crippen LogP contribution >= 0.6 is 0 Å². The van der Waals surface area contributed by atoms with Crippen molar-refractivity contribution < 1.29 is 15.0 Å². The van der Waals surface area contributed by atoms with Crippen LogP contribution in [0.1, 0.15) is 71.6 Å². The zero-order valence-electron chi connectivity index (χ0n) is 14.0. The van der Waals surface area contributed by atoms with E-state index in [4.69, 9.17) is 0 Å². The van der Waals surface area contributed by atoms with Gasteiger partial charge in [-0.05, 0) is 86.9 Å². The number of rotatable bonds is 1. The van der Waals surface area contributed by atoms with E-state index >= 15 is 0 Å². The molecule has 0 amide bonds. The first-order chi connectivity index (χ1) is 10.3. The van der Waals surface area contributed by atoms with Gasteiger partial charge >= 0.3 is 5.97 Å². The number of hydrogen-bond acceptors (Lipinski definition) is 2. The number of aliphatic hydroxyl groups is 1. The molecule has 0 aromatic rings. The Morgan fingerprint density at radius 3 is 2.50 bits per heavy atom. The van der Waals surface area contributed by atoms with E-state index in [1.54, 1.807) is 0 Å². The average molecular weight is 306 g/mol. The van der Waals surface area contributed by atoms with Crippen LogP contribution in [0.4, 0.5) is 0 Å². The molecule has 0 saturated heterocycles. The molecule has 1 spiro atoms. The summed E-state index contributed by atoms with van der Waals surface area (Å²) in [5.74, 6) is 0.786. The van der Waals surface area contributed by atoms with Gasteiger partial charge in [-0.2, -0.15) is 0 Å². The molecule has 22 heavy (non-hydrogen) atoms. The van der Waals surface area contributed by atoms with Gasteiger partial charge in [-0.1, -0.05) is 13.3 Å². The zero-order chi connectivity index (χ0) is 15.8. The third-order valence-corrected chi connectivity index (χ3v) is 8.42. The van der Waals surface area contributed by atoms with Crippen LogP contribution in [-0.2, 0) is 4.79 Å². The molecule has 2 N–H and O–H groups in total. The van der Waals surface area contributed by atoms with Crippen LogP contribution in [0.25, 0.3) is 0 Å². The lowest BCUT2D eigenvalue weighted by Crippen LogP contribution is -2.58. The first-order valence-corrected chi connectivity index (χ1v) is 9.24. The summed E-state index contributed by atoms with van der Waals surface area (Å²) in [6.07, 6.45) is 9.86. The van der Waals surface area contributed by atoms with Crippen molar-refractivity contribution in [3.05, 3.63) is 0 Å². The fourth-order valence-electron chi connectivity index (χ4n) is 7.70. The molecule has 0 aromatic carbocycles. The van der Waals surface area contributed by atoms with Gasteiger partial charge < -0.3 is 10.2 Å². The number of carboxylic acid groups (broad SMARTS) is 1. The molecule has 3 nitrogen and oxygen atoms in total. The summed E-state index contributed by atoms with van der Waals surface area (Å²) < 4.78 is 0. The van der Waals surface area contributed by atoms with E-state index < -0.39 is 11.6 Å². The molecule has 4 rings (SSSR count). The van der Waals surface area contributed by atoms with Crippen LogP contribution in [0.2, 0.25) is 0 Å². The standard InChI is InChI=1S/C19H30O3/c1-17-7-3-8-18(2,22)14(17)6-9-19-10-12(4-5-15(17)19)13(11-19)16(20)21/h12-15,22H,3-11H2,1-2H3,(H,20,21). The second kappa shape index (κ2) is 4.49. The van der Waals surface area contributed by atoms with E-state index in [0.717, 1.165) is 44.9 Å². The van der Waals surface area contributed by atoms with Crippen molar-refractivity contribution in [2.45, 2.75) is 77.2 Å². The van der Waals surface area contributed by atoms with Crippen molar-refractivity contribution >= 4 is 5.97 Å². The third-order valence-electron chi connectivity index (χ3n) is 8.42. The third kappa shape index (κ3) is 1.81. The van der Waals surface area contributed by atoms with Crippen LogP contribution in [-0.4, -0.2) is 21.8 Å². The van der Waals surface area contributed by atoms with Gasteiger partial charge in [0.2, 0.25) is 0 Å². The molecule has 4 aliphatic carbocycles. The normalized spacial score (nSPS) is 57.0. The summed E-state index contributed by atoms with van der Waals surface area (Å²) in [6, 6.07) is 0. The highest BCUT2D eigenvalue weighted by molar-refractivity contribution is 5.71. The van der Waals surface area contributed by atoms with Gasteiger partial charge in [0.05, 0.1) is 11.5 Å². The summed E-state index contributed by atoms with van der Waals surface area (Å²) >= 11 is 0. The number of carbonyl (C=O) groups is 1. The monoisotopic (exact) mass is 306 g/mol. The van der Waals surface area contributed by atoms with Crippen molar-refractivity contribution in [1.29, 1.82) is 0 Å². The molecular formula is C19H30O3. The molecule has 0 aliphatic heterocycles. The molecule has 7 atom stereocenters. The molecule has 4 aliphatic rings. The van der Waals surface area contributed by atoms with Gasteiger partial charge in [0.15, 0.2) is 0 Å².